The molecule has 0 bridgehead atoms. The van der Waals surface area contributed by atoms with Crippen molar-refractivity contribution in [3.63, 3.8) is 0 Å². The van der Waals surface area contributed by atoms with Crippen molar-refractivity contribution in [2.75, 3.05) is 25.0 Å². The van der Waals surface area contributed by atoms with Gasteiger partial charge >= 0.3 is 0 Å². The Morgan fingerprint density at radius 1 is 1.03 bits per heavy atom. The number of nitrogens with zero attached hydrogens (tertiary/aromatic N) is 4. The molecule has 4 aromatic rings. The Bertz CT molecular complexity index is 1300. The molecule has 0 radical (unpaired) electrons. The van der Waals surface area contributed by atoms with E-state index < -0.39 is 0 Å². The average Bonchev–Trinajstić information content (AvgIpc) is 3.27. The molecule has 1 amide bonds. The lowest BCUT2D eigenvalue weighted by Crippen LogP contribution is -2.45. The van der Waals surface area contributed by atoms with E-state index in [-0.39, 0.29) is 11.9 Å². The van der Waals surface area contributed by atoms with Crippen LogP contribution in [0.2, 0.25) is 0 Å². The molecule has 5 rings (SSSR count). The number of carbonyl (C=O) groups is 1. The van der Waals surface area contributed by atoms with Crippen molar-refractivity contribution in [3.8, 4) is 11.5 Å². The van der Waals surface area contributed by atoms with Crippen LogP contribution in [0.3, 0.4) is 0 Å². The molecule has 0 saturated carbocycles. The van der Waals surface area contributed by atoms with Gasteiger partial charge in [-0.25, -0.2) is 4.68 Å². The quantitative estimate of drug-likeness (QED) is 0.383. The third-order valence-corrected chi connectivity index (χ3v) is 6.69. The van der Waals surface area contributed by atoms with Crippen molar-refractivity contribution < 1.29 is 9.53 Å². The van der Waals surface area contributed by atoms with E-state index in [1.165, 1.54) is 5.56 Å². The first-order valence-corrected chi connectivity index (χ1v) is 12.4. The Labute approximate surface area is 211 Å². The lowest BCUT2D eigenvalue weighted by Gasteiger charge is -2.33. The number of fused-ring (bicyclic) bond motifs is 1. The molecule has 0 spiro atoms. The topological polar surface area (TPSA) is 84.3 Å². The van der Waals surface area contributed by atoms with Gasteiger partial charge in [-0.05, 0) is 73.9 Å². The Kier molecular flexibility index (Phi) is 7.25. The summed E-state index contributed by atoms with van der Waals surface area (Å²) in [5, 5.41) is 15.0. The summed E-state index contributed by atoms with van der Waals surface area (Å²) in [6.07, 6.45) is 2.03. The van der Waals surface area contributed by atoms with Crippen LogP contribution in [0.5, 0.6) is 11.5 Å². The minimum atomic E-state index is 0.00425. The molecule has 1 aliphatic rings. The van der Waals surface area contributed by atoms with Crippen LogP contribution in [-0.4, -0.2) is 51.5 Å². The van der Waals surface area contributed by atoms with Gasteiger partial charge in [0.1, 0.15) is 17.0 Å². The van der Waals surface area contributed by atoms with Crippen LogP contribution in [0.25, 0.3) is 11.0 Å². The molecular formula is C28H32N6O2. The maximum Gasteiger partial charge on any atom is 0.238 e. The zero-order chi connectivity index (χ0) is 24.9. The number of aryl methyl sites for hydroxylation is 1. The second kappa shape index (κ2) is 10.9. The van der Waals surface area contributed by atoms with Crippen molar-refractivity contribution in [2.24, 2.45) is 7.05 Å². The Morgan fingerprint density at radius 3 is 2.50 bits per heavy atom. The van der Waals surface area contributed by atoms with Gasteiger partial charge in [-0.1, -0.05) is 29.5 Å². The summed E-state index contributed by atoms with van der Waals surface area (Å²) in [6, 6.07) is 24.1. The van der Waals surface area contributed by atoms with Crippen LogP contribution in [0.4, 0.5) is 5.69 Å². The number of amides is 1. The third-order valence-electron chi connectivity index (χ3n) is 6.69. The zero-order valence-corrected chi connectivity index (χ0v) is 20.7. The molecule has 1 atom stereocenters. The van der Waals surface area contributed by atoms with Crippen LogP contribution in [0, 0.1) is 0 Å². The van der Waals surface area contributed by atoms with Gasteiger partial charge in [0.2, 0.25) is 5.91 Å². The maximum atomic E-state index is 12.6. The molecule has 36 heavy (non-hydrogen) atoms. The van der Waals surface area contributed by atoms with Gasteiger partial charge in [-0.3, -0.25) is 9.69 Å². The monoisotopic (exact) mass is 484 g/mol. The first kappa shape index (κ1) is 24.0. The number of carbonyl (C=O) groups excluding carboxylic acids is 1. The highest BCUT2D eigenvalue weighted by Crippen LogP contribution is 2.23. The Balaban J connectivity index is 1.06. The molecule has 1 fully saturated rings. The maximum absolute atomic E-state index is 12.6. The number of benzene rings is 3. The largest absolute Gasteiger partial charge is 0.457 e. The van der Waals surface area contributed by atoms with E-state index in [0.717, 1.165) is 54.2 Å². The summed E-state index contributed by atoms with van der Waals surface area (Å²) in [4.78, 5) is 14.8. The van der Waals surface area contributed by atoms with E-state index in [0.29, 0.717) is 12.6 Å². The van der Waals surface area contributed by atoms with Crippen molar-refractivity contribution in [2.45, 2.75) is 31.8 Å². The zero-order valence-electron chi connectivity index (χ0n) is 20.7. The number of anilines is 1. The van der Waals surface area contributed by atoms with Crippen LogP contribution >= 0.6 is 0 Å². The van der Waals surface area contributed by atoms with Crippen molar-refractivity contribution >= 4 is 22.6 Å². The van der Waals surface area contributed by atoms with E-state index in [1.54, 1.807) is 0 Å². The molecule has 2 heterocycles. The first-order chi connectivity index (χ1) is 17.5. The number of para-hydroxylation sites is 1. The molecule has 186 valence electrons. The normalized spacial score (nSPS) is 15.6. The fraction of sp³-hybridized carbons (Fsp3) is 0.321. The summed E-state index contributed by atoms with van der Waals surface area (Å²) in [5.41, 5.74) is 3.96. The van der Waals surface area contributed by atoms with Crippen LogP contribution in [0.1, 0.15) is 31.4 Å². The predicted molar refractivity (Wildman–Crippen MR) is 141 cm³/mol. The summed E-state index contributed by atoms with van der Waals surface area (Å²) in [7, 11) is 1.92. The molecule has 1 aliphatic heterocycles. The van der Waals surface area contributed by atoms with E-state index in [2.05, 4.69) is 44.9 Å². The van der Waals surface area contributed by atoms with Crippen LogP contribution < -0.4 is 15.4 Å². The van der Waals surface area contributed by atoms with Gasteiger partial charge in [-0.15, -0.1) is 5.10 Å². The van der Waals surface area contributed by atoms with Gasteiger partial charge in [0.25, 0.3) is 0 Å². The number of hydrogen-bond acceptors (Lipinski definition) is 6. The molecular weight excluding hydrogens is 452 g/mol. The Morgan fingerprint density at radius 2 is 1.75 bits per heavy atom. The molecule has 0 aliphatic carbocycles. The number of hydrogen-bond donors (Lipinski definition) is 2. The minimum absolute atomic E-state index is 0.00425. The summed E-state index contributed by atoms with van der Waals surface area (Å²) in [6.45, 7) is 4.38. The molecule has 1 aromatic heterocycles. The van der Waals surface area contributed by atoms with E-state index in [9.17, 15) is 4.79 Å². The number of ether oxygens (including phenoxy) is 1. The second-order valence-electron chi connectivity index (χ2n) is 9.39. The number of likely N-dealkylation sites (tertiary alicyclic amines) is 1. The Hall–Kier alpha value is -3.75. The average molecular weight is 485 g/mol. The van der Waals surface area contributed by atoms with Crippen LogP contribution in [-0.2, 0) is 11.8 Å². The summed E-state index contributed by atoms with van der Waals surface area (Å²) < 4.78 is 7.62. The van der Waals surface area contributed by atoms with Crippen molar-refractivity contribution in [3.05, 3.63) is 78.4 Å². The van der Waals surface area contributed by atoms with Crippen molar-refractivity contribution in [1.82, 2.24) is 25.2 Å². The third kappa shape index (κ3) is 5.90. The number of aromatic nitrogens is 3. The van der Waals surface area contributed by atoms with Gasteiger partial charge in [0.05, 0.1) is 12.1 Å². The standard InChI is InChI=1S/C28H32N6O2/c1-20(21-8-13-26-27(18-21)33(2)32-31-26)29-23-14-16-34(17-15-23)19-28(35)30-22-9-11-25(12-10-22)36-24-6-4-3-5-7-24/h3-13,18,20,23,29H,14-17,19H2,1-2H3,(H,30,35). The van der Waals surface area contributed by atoms with E-state index >= 15 is 0 Å². The lowest BCUT2D eigenvalue weighted by molar-refractivity contribution is -0.117. The van der Waals surface area contributed by atoms with Gasteiger partial charge < -0.3 is 15.4 Å². The number of piperidine rings is 1. The fourth-order valence-corrected chi connectivity index (χ4v) is 4.66. The highest BCUT2D eigenvalue weighted by atomic mass is 16.5. The van der Waals surface area contributed by atoms with Gasteiger partial charge in [-0.2, -0.15) is 0 Å². The molecule has 8 heteroatoms. The van der Waals surface area contributed by atoms with Crippen molar-refractivity contribution in [1.29, 1.82) is 0 Å². The second-order valence-corrected chi connectivity index (χ2v) is 9.39. The summed E-state index contributed by atoms with van der Waals surface area (Å²) >= 11 is 0. The van der Waals surface area contributed by atoms with Crippen LogP contribution in [0.15, 0.2) is 72.8 Å². The minimum Gasteiger partial charge on any atom is -0.457 e. The lowest BCUT2D eigenvalue weighted by atomic mass is 10.0. The van der Waals surface area contributed by atoms with Gasteiger partial charge in [0.15, 0.2) is 0 Å². The molecule has 8 nitrogen and oxygen atoms in total. The fourth-order valence-electron chi connectivity index (χ4n) is 4.66. The van der Waals surface area contributed by atoms with E-state index in [1.807, 2.05) is 72.4 Å². The highest BCUT2D eigenvalue weighted by Gasteiger charge is 2.22. The molecule has 2 N–H and O–H groups in total. The summed E-state index contributed by atoms with van der Waals surface area (Å²) in [5.74, 6) is 1.53. The molecule has 1 unspecified atom stereocenters. The van der Waals surface area contributed by atoms with E-state index in [4.69, 9.17) is 4.74 Å². The molecule has 3 aromatic carbocycles. The number of rotatable bonds is 8. The predicted octanol–water partition coefficient (Wildman–Crippen LogP) is 4.51. The SMILES string of the molecule is CC(NC1CCN(CC(=O)Nc2ccc(Oc3ccccc3)cc2)CC1)c1ccc2nnn(C)c2c1. The smallest absolute Gasteiger partial charge is 0.238 e. The number of nitrogens with one attached hydrogen (secondary N) is 2. The highest BCUT2D eigenvalue weighted by molar-refractivity contribution is 5.92. The first-order valence-electron chi connectivity index (χ1n) is 12.4. The van der Waals surface area contributed by atoms with Gasteiger partial charge in [0, 0.05) is 37.9 Å². The molecule has 1 saturated heterocycles.